The molecule has 0 fully saturated rings. The zero-order valence-corrected chi connectivity index (χ0v) is 12.5. The highest BCUT2D eigenvalue weighted by atomic mass is 16.3. The van der Waals surface area contributed by atoms with E-state index in [1.165, 1.54) is 4.90 Å². The topological polar surface area (TPSA) is 95.7 Å². The minimum Gasteiger partial charge on any atom is -0.395 e. The summed E-state index contributed by atoms with van der Waals surface area (Å²) in [5, 5.41) is 11.6. The number of nitrogens with two attached hydrogens (primary N) is 1. The summed E-state index contributed by atoms with van der Waals surface area (Å²) >= 11 is 0. The second-order valence-corrected chi connectivity index (χ2v) is 5.20. The molecule has 0 aliphatic heterocycles. The standard InChI is InChI=1S/C15H23N3O3/c1-11(2)13(17-15(16)21)14(20)18(8-9-19)10-12-6-4-3-5-7-12/h3-7,11,13,19H,8-10H2,1-2H3,(H3,16,17,21). The maximum absolute atomic E-state index is 12.6. The smallest absolute Gasteiger partial charge is 0.312 e. The van der Waals surface area contributed by atoms with Gasteiger partial charge in [0, 0.05) is 13.1 Å². The Balaban J connectivity index is 2.86. The number of benzene rings is 1. The monoisotopic (exact) mass is 293 g/mol. The Kier molecular flexibility index (Phi) is 6.68. The average molecular weight is 293 g/mol. The van der Waals surface area contributed by atoms with Gasteiger partial charge in [0.2, 0.25) is 5.91 Å². The number of carbonyl (C=O) groups is 2. The van der Waals surface area contributed by atoms with Gasteiger partial charge in [-0.25, -0.2) is 4.79 Å². The van der Waals surface area contributed by atoms with Crippen molar-refractivity contribution in [2.24, 2.45) is 11.7 Å². The molecule has 0 saturated heterocycles. The number of nitrogens with one attached hydrogen (secondary N) is 1. The number of aliphatic hydroxyl groups excluding tert-OH is 1. The molecule has 0 aliphatic carbocycles. The number of primary amides is 1. The van der Waals surface area contributed by atoms with Crippen LogP contribution >= 0.6 is 0 Å². The number of aliphatic hydroxyl groups is 1. The van der Waals surface area contributed by atoms with Crippen molar-refractivity contribution in [1.29, 1.82) is 0 Å². The predicted octanol–water partition coefficient (Wildman–Crippen LogP) is 0.700. The van der Waals surface area contributed by atoms with E-state index in [0.29, 0.717) is 6.54 Å². The van der Waals surface area contributed by atoms with Crippen LogP contribution in [0.25, 0.3) is 0 Å². The van der Waals surface area contributed by atoms with Gasteiger partial charge < -0.3 is 21.1 Å². The third-order valence-corrected chi connectivity index (χ3v) is 3.13. The fraction of sp³-hybridized carbons (Fsp3) is 0.467. The predicted molar refractivity (Wildman–Crippen MR) is 80.3 cm³/mol. The summed E-state index contributed by atoms with van der Waals surface area (Å²) < 4.78 is 0. The third kappa shape index (κ3) is 5.43. The van der Waals surface area contributed by atoms with Crippen LogP contribution in [-0.2, 0) is 11.3 Å². The lowest BCUT2D eigenvalue weighted by Crippen LogP contribution is -2.52. The van der Waals surface area contributed by atoms with Crippen molar-refractivity contribution in [2.45, 2.75) is 26.4 Å². The van der Waals surface area contributed by atoms with E-state index in [2.05, 4.69) is 5.32 Å². The van der Waals surface area contributed by atoms with Crippen molar-refractivity contribution < 1.29 is 14.7 Å². The number of hydrogen-bond acceptors (Lipinski definition) is 3. The van der Waals surface area contributed by atoms with Crippen LogP contribution in [0.15, 0.2) is 30.3 Å². The van der Waals surface area contributed by atoms with Gasteiger partial charge in [0.1, 0.15) is 6.04 Å². The highest BCUT2D eigenvalue weighted by molar-refractivity contribution is 5.86. The Labute approximate surface area is 124 Å². The molecule has 0 aliphatic rings. The molecule has 1 rings (SSSR count). The Hall–Kier alpha value is -2.08. The molecule has 0 aromatic heterocycles. The molecule has 1 atom stereocenters. The molecule has 1 aromatic carbocycles. The summed E-state index contributed by atoms with van der Waals surface area (Å²) in [4.78, 5) is 25.1. The first-order valence-corrected chi connectivity index (χ1v) is 6.95. The Bertz CT molecular complexity index is 462. The van der Waals surface area contributed by atoms with E-state index in [1.807, 2.05) is 44.2 Å². The molecule has 3 amide bonds. The number of nitrogens with zero attached hydrogens (tertiary/aromatic N) is 1. The highest BCUT2D eigenvalue weighted by Gasteiger charge is 2.27. The van der Waals surface area contributed by atoms with E-state index in [-0.39, 0.29) is 25.0 Å². The molecular weight excluding hydrogens is 270 g/mol. The number of rotatable bonds is 7. The van der Waals surface area contributed by atoms with Crippen LogP contribution in [-0.4, -0.2) is 41.1 Å². The van der Waals surface area contributed by atoms with Gasteiger partial charge in [0.05, 0.1) is 6.61 Å². The molecule has 0 radical (unpaired) electrons. The lowest BCUT2D eigenvalue weighted by molar-refractivity contribution is -0.135. The van der Waals surface area contributed by atoms with Crippen LogP contribution in [0.4, 0.5) is 4.79 Å². The zero-order valence-electron chi connectivity index (χ0n) is 12.5. The van der Waals surface area contributed by atoms with E-state index >= 15 is 0 Å². The van der Waals surface area contributed by atoms with E-state index < -0.39 is 12.1 Å². The Morgan fingerprint density at radius 2 is 1.90 bits per heavy atom. The van der Waals surface area contributed by atoms with Crippen molar-refractivity contribution in [1.82, 2.24) is 10.2 Å². The van der Waals surface area contributed by atoms with E-state index in [1.54, 1.807) is 0 Å². The first kappa shape index (κ1) is 17.0. The first-order chi connectivity index (χ1) is 9.95. The van der Waals surface area contributed by atoms with Crippen LogP contribution in [0.3, 0.4) is 0 Å². The molecule has 4 N–H and O–H groups in total. The van der Waals surface area contributed by atoms with Gasteiger partial charge in [-0.2, -0.15) is 0 Å². The molecular formula is C15H23N3O3. The van der Waals surface area contributed by atoms with Crippen LogP contribution in [0.2, 0.25) is 0 Å². The van der Waals surface area contributed by atoms with Crippen molar-refractivity contribution in [2.75, 3.05) is 13.2 Å². The largest absolute Gasteiger partial charge is 0.395 e. The minimum absolute atomic E-state index is 0.0954. The van der Waals surface area contributed by atoms with Gasteiger partial charge in [-0.15, -0.1) is 0 Å². The molecule has 6 nitrogen and oxygen atoms in total. The van der Waals surface area contributed by atoms with Gasteiger partial charge in [0.15, 0.2) is 0 Å². The fourth-order valence-corrected chi connectivity index (χ4v) is 2.06. The molecule has 6 heteroatoms. The second-order valence-electron chi connectivity index (χ2n) is 5.20. The van der Waals surface area contributed by atoms with E-state index in [9.17, 15) is 9.59 Å². The summed E-state index contributed by atoms with van der Waals surface area (Å²) in [5.74, 6) is -0.344. The number of carbonyl (C=O) groups excluding carboxylic acids is 2. The number of urea groups is 1. The molecule has 21 heavy (non-hydrogen) atoms. The van der Waals surface area contributed by atoms with Crippen LogP contribution < -0.4 is 11.1 Å². The van der Waals surface area contributed by atoms with Crippen LogP contribution in [0.5, 0.6) is 0 Å². The van der Waals surface area contributed by atoms with Crippen molar-refractivity contribution in [3.8, 4) is 0 Å². The average Bonchev–Trinajstić information content (AvgIpc) is 2.44. The Morgan fingerprint density at radius 3 is 2.38 bits per heavy atom. The molecule has 0 bridgehead atoms. The Morgan fingerprint density at radius 1 is 1.29 bits per heavy atom. The zero-order chi connectivity index (χ0) is 15.8. The van der Waals surface area contributed by atoms with Gasteiger partial charge >= 0.3 is 6.03 Å². The van der Waals surface area contributed by atoms with Gasteiger partial charge in [-0.1, -0.05) is 44.2 Å². The van der Waals surface area contributed by atoms with Gasteiger partial charge in [0.25, 0.3) is 0 Å². The summed E-state index contributed by atoms with van der Waals surface area (Å²) in [6.07, 6.45) is 0. The van der Waals surface area contributed by atoms with Crippen molar-refractivity contribution in [3.05, 3.63) is 35.9 Å². The lowest BCUT2D eigenvalue weighted by Gasteiger charge is -2.29. The molecule has 1 aromatic rings. The first-order valence-electron chi connectivity index (χ1n) is 6.95. The third-order valence-electron chi connectivity index (χ3n) is 3.13. The highest BCUT2D eigenvalue weighted by Crippen LogP contribution is 2.10. The number of amides is 3. The fourth-order valence-electron chi connectivity index (χ4n) is 2.06. The molecule has 0 spiro atoms. The normalized spacial score (nSPS) is 12.0. The second kappa shape index (κ2) is 8.26. The summed E-state index contributed by atoms with van der Waals surface area (Å²) in [6.45, 7) is 4.11. The van der Waals surface area contributed by atoms with E-state index in [0.717, 1.165) is 5.56 Å². The van der Waals surface area contributed by atoms with Gasteiger partial charge in [-0.3, -0.25) is 4.79 Å². The van der Waals surface area contributed by atoms with Gasteiger partial charge in [-0.05, 0) is 11.5 Å². The quantitative estimate of drug-likeness (QED) is 0.690. The van der Waals surface area contributed by atoms with Crippen LogP contribution in [0, 0.1) is 5.92 Å². The van der Waals surface area contributed by atoms with Crippen molar-refractivity contribution in [3.63, 3.8) is 0 Å². The maximum atomic E-state index is 12.6. The van der Waals surface area contributed by atoms with E-state index in [4.69, 9.17) is 10.8 Å². The SMILES string of the molecule is CC(C)C(NC(N)=O)C(=O)N(CCO)Cc1ccccc1. The maximum Gasteiger partial charge on any atom is 0.312 e. The van der Waals surface area contributed by atoms with Crippen molar-refractivity contribution >= 4 is 11.9 Å². The summed E-state index contributed by atoms with van der Waals surface area (Å²) in [6, 6.07) is 8.06. The minimum atomic E-state index is -0.731. The molecule has 0 saturated carbocycles. The summed E-state index contributed by atoms with van der Waals surface area (Å²) in [5.41, 5.74) is 6.08. The lowest BCUT2D eigenvalue weighted by atomic mass is 10.0. The molecule has 0 heterocycles. The number of hydrogen-bond donors (Lipinski definition) is 3. The molecule has 116 valence electrons. The summed E-state index contributed by atoms with van der Waals surface area (Å²) in [7, 11) is 0. The molecule has 1 unspecified atom stereocenters. The van der Waals surface area contributed by atoms with Crippen LogP contribution in [0.1, 0.15) is 19.4 Å².